The first-order chi connectivity index (χ1) is 14.6. The van der Waals surface area contributed by atoms with E-state index in [-0.39, 0.29) is 30.1 Å². The smallest absolute Gasteiger partial charge is 0.253 e. The van der Waals surface area contributed by atoms with Gasteiger partial charge >= 0.3 is 0 Å². The predicted molar refractivity (Wildman–Crippen MR) is 115 cm³/mol. The molecule has 30 heavy (non-hydrogen) atoms. The minimum Gasteiger partial charge on any atom is -0.339 e. The number of hydrogen-bond acceptors (Lipinski definition) is 3. The number of benzene rings is 2. The van der Waals surface area contributed by atoms with Crippen LogP contribution >= 0.6 is 0 Å². The third kappa shape index (κ3) is 4.08. The molecule has 0 bridgehead atoms. The molecular weight excluding hydrogens is 378 g/mol. The molecule has 156 valence electrons. The first-order valence-corrected chi connectivity index (χ1v) is 10.6. The monoisotopic (exact) mass is 405 g/mol. The second-order valence-corrected chi connectivity index (χ2v) is 7.91. The van der Waals surface area contributed by atoms with Crippen molar-refractivity contribution < 1.29 is 14.4 Å². The van der Waals surface area contributed by atoms with Gasteiger partial charge in [-0.05, 0) is 36.2 Å². The fourth-order valence-electron chi connectivity index (χ4n) is 4.22. The van der Waals surface area contributed by atoms with Gasteiger partial charge in [0.25, 0.3) is 5.91 Å². The lowest BCUT2D eigenvalue weighted by molar-refractivity contribution is -0.137. The Labute approximate surface area is 177 Å². The molecule has 3 amide bonds. The Bertz CT molecular complexity index is 936. The maximum absolute atomic E-state index is 13.0. The lowest BCUT2D eigenvalue weighted by atomic mass is 10.1. The van der Waals surface area contributed by atoms with Gasteiger partial charge in [-0.1, -0.05) is 37.3 Å². The van der Waals surface area contributed by atoms with E-state index in [0.717, 1.165) is 12.1 Å². The minimum absolute atomic E-state index is 0.000468. The maximum atomic E-state index is 13.0. The van der Waals surface area contributed by atoms with E-state index in [1.165, 1.54) is 5.56 Å². The molecule has 2 aliphatic rings. The molecular formula is C24H27N3O3. The summed E-state index contributed by atoms with van der Waals surface area (Å²) in [7, 11) is 0. The van der Waals surface area contributed by atoms with Crippen LogP contribution in [0.25, 0.3) is 0 Å². The Morgan fingerprint density at radius 3 is 2.33 bits per heavy atom. The van der Waals surface area contributed by atoms with Crippen LogP contribution in [0, 0.1) is 5.92 Å². The number of hydrogen-bond donors (Lipinski definition) is 0. The number of nitrogens with zero attached hydrogens (tertiary/aromatic N) is 3. The zero-order valence-electron chi connectivity index (χ0n) is 17.3. The van der Waals surface area contributed by atoms with Gasteiger partial charge in [0.2, 0.25) is 11.8 Å². The van der Waals surface area contributed by atoms with E-state index in [9.17, 15) is 14.4 Å². The fraction of sp³-hybridized carbons (Fsp3) is 0.375. The summed E-state index contributed by atoms with van der Waals surface area (Å²) < 4.78 is 0. The second kappa shape index (κ2) is 8.69. The van der Waals surface area contributed by atoms with Crippen LogP contribution in [0.1, 0.15) is 29.3 Å². The average Bonchev–Trinajstić information content (AvgIpc) is 3.20. The van der Waals surface area contributed by atoms with Crippen LogP contribution in [0.3, 0.4) is 0 Å². The van der Waals surface area contributed by atoms with Gasteiger partial charge in [-0.25, -0.2) is 0 Å². The Kier molecular flexibility index (Phi) is 5.84. The Morgan fingerprint density at radius 1 is 0.933 bits per heavy atom. The van der Waals surface area contributed by atoms with Crippen LogP contribution in [0.5, 0.6) is 0 Å². The topological polar surface area (TPSA) is 60.9 Å². The first kappa shape index (κ1) is 20.1. The Balaban J connectivity index is 1.35. The van der Waals surface area contributed by atoms with Crippen molar-refractivity contribution in [2.24, 2.45) is 5.92 Å². The zero-order chi connectivity index (χ0) is 21.1. The molecule has 2 aliphatic heterocycles. The van der Waals surface area contributed by atoms with Crippen LogP contribution in [-0.2, 0) is 16.0 Å². The molecule has 2 fully saturated rings. The van der Waals surface area contributed by atoms with E-state index >= 15 is 0 Å². The summed E-state index contributed by atoms with van der Waals surface area (Å²) >= 11 is 0. The summed E-state index contributed by atoms with van der Waals surface area (Å²) in [5.74, 6) is -0.302. The zero-order valence-corrected chi connectivity index (χ0v) is 17.3. The number of anilines is 1. The summed E-state index contributed by atoms with van der Waals surface area (Å²) in [6.45, 7) is 4.55. The van der Waals surface area contributed by atoms with Crippen molar-refractivity contribution >= 4 is 23.4 Å². The Hall–Kier alpha value is -3.15. The van der Waals surface area contributed by atoms with Gasteiger partial charge in [0.1, 0.15) is 0 Å². The molecule has 0 N–H and O–H groups in total. The van der Waals surface area contributed by atoms with Gasteiger partial charge in [0, 0.05) is 50.4 Å². The Morgan fingerprint density at radius 2 is 1.63 bits per heavy atom. The summed E-state index contributed by atoms with van der Waals surface area (Å²) in [6, 6.07) is 17.2. The van der Waals surface area contributed by atoms with Crippen molar-refractivity contribution in [3.05, 3.63) is 65.7 Å². The molecule has 2 saturated heterocycles. The van der Waals surface area contributed by atoms with Gasteiger partial charge in [-0.15, -0.1) is 0 Å². The molecule has 2 heterocycles. The fourth-order valence-corrected chi connectivity index (χ4v) is 4.22. The third-order valence-corrected chi connectivity index (χ3v) is 6.00. The molecule has 0 spiro atoms. The van der Waals surface area contributed by atoms with Gasteiger partial charge in [0.05, 0.1) is 5.92 Å². The predicted octanol–water partition coefficient (Wildman–Crippen LogP) is 2.59. The molecule has 0 unspecified atom stereocenters. The largest absolute Gasteiger partial charge is 0.339 e. The van der Waals surface area contributed by atoms with E-state index in [0.29, 0.717) is 38.3 Å². The van der Waals surface area contributed by atoms with Gasteiger partial charge < -0.3 is 14.7 Å². The van der Waals surface area contributed by atoms with Crippen molar-refractivity contribution in [3.63, 3.8) is 0 Å². The second-order valence-electron chi connectivity index (χ2n) is 7.91. The summed E-state index contributed by atoms with van der Waals surface area (Å²) in [6.07, 6.45) is 1.16. The summed E-state index contributed by atoms with van der Waals surface area (Å²) in [5, 5.41) is 0. The lowest BCUT2D eigenvalue weighted by Gasteiger charge is -2.36. The summed E-state index contributed by atoms with van der Waals surface area (Å²) in [4.78, 5) is 43.5. The van der Waals surface area contributed by atoms with E-state index in [1.54, 1.807) is 14.7 Å². The van der Waals surface area contributed by atoms with Crippen LogP contribution in [-0.4, -0.2) is 60.2 Å². The SMILES string of the molecule is CCc1cccc(N2C[C@@H](C(=O)N3CCN(C(=O)c4ccccc4)CC3)CC2=O)c1. The van der Waals surface area contributed by atoms with E-state index < -0.39 is 0 Å². The number of aryl methyl sites for hydroxylation is 1. The standard InChI is InChI=1S/C24H27N3O3/c1-2-18-7-6-10-21(15-18)27-17-20(16-22(27)28)24(30)26-13-11-25(12-14-26)23(29)19-8-4-3-5-9-19/h3-10,15,20H,2,11-14,16-17H2,1H3/t20-/m0/s1. The highest BCUT2D eigenvalue weighted by molar-refractivity contribution is 6.00. The molecule has 0 aliphatic carbocycles. The number of rotatable bonds is 4. The van der Waals surface area contributed by atoms with Crippen LogP contribution < -0.4 is 4.90 Å². The van der Waals surface area contributed by atoms with Crippen molar-refractivity contribution in [2.45, 2.75) is 19.8 Å². The van der Waals surface area contributed by atoms with E-state index in [1.807, 2.05) is 54.6 Å². The lowest BCUT2D eigenvalue weighted by Crippen LogP contribution is -2.52. The van der Waals surface area contributed by atoms with Gasteiger partial charge in [-0.3, -0.25) is 14.4 Å². The van der Waals surface area contributed by atoms with Gasteiger partial charge in [-0.2, -0.15) is 0 Å². The molecule has 4 rings (SSSR count). The van der Waals surface area contributed by atoms with Crippen molar-refractivity contribution in [1.82, 2.24) is 9.80 Å². The quantitative estimate of drug-likeness (QED) is 0.786. The molecule has 2 aromatic carbocycles. The number of carbonyl (C=O) groups excluding carboxylic acids is 3. The highest BCUT2D eigenvalue weighted by Gasteiger charge is 2.38. The van der Waals surface area contributed by atoms with E-state index in [4.69, 9.17) is 0 Å². The number of carbonyl (C=O) groups is 3. The highest BCUT2D eigenvalue weighted by Crippen LogP contribution is 2.27. The molecule has 6 heteroatoms. The van der Waals surface area contributed by atoms with Crippen LogP contribution in [0.4, 0.5) is 5.69 Å². The van der Waals surface area contributed by atoms with Crippen molar-refractivity contribution in [3.8, 4) is 0 Å². The molecule has 1 atom stereocenters. The van der Waals surface area contributed by atoms with Gasteiger partial charge in [0.15, 0.2) is 0 Å². The van der Waals surface area contributed by atoms with E-state index in [2.05, 4.69) is 6.92 Å². The van der Waals surface area contributed by atoms with Crippen LogP contribution in [0.15, 0.2) is 54.6 Å². The number of amides is 3. The average molecular weight is 405 g/mol. The van der Waals surface area contributed by atoms with Crippen molar-refractivity contribution in [1.29, 1.82) is 0 Å². The van der Waals surface area contributed by atoms with Crippen molar-refractivity contribution in [2.75, 3.05) is 37.6 Å². The molecule has 2 aromatic rings. The van der Waals surface area contributed by atoms with Crippen LogP contribution in [0.2, 0.25) is 0 Å². The first-order valence-electron chi connectivity index (χ1n) is 10.6. The molecule has 0 radical (unpaired) electrons. The summed E-state index contributed by atoms with van der Waals surface area (Å²) in [5.41, 5.74) is 2.71. The third-order valence-electron chi connectivity index (χ3n) is 6.00. The minimum atomic E-state index is -0.320. The normalized spacial score (nSPS) is 19.3. The molecule has 6 nitrogen and oxygen atoms in total. The molecule has 0 saturated carbocycles. The number of piperazine rings is 1. The maximum Gasteiger partial charge on any atom is 0.253 e. The highest BCUT2D eigenvalue weighted by atomic mass is 16.2. The molecule has 0 aromatic heterocycles.